The van der Waals surface area contributed by atoms with Gasteiger partial charge in [-0.15, -0.1) is 0 Å². The van der Waals surface area contributed by atoms with E-state index in [0.29, 0.717) is 0 Å². The molecule has 1 aromatic rings. The van der Waals surface area contributed by atoms with Crippen molar-refractivity contribution in [2.75, 3.05) is 5.73 Å². The third-order valence-electron chi connectivity index (χ3n) is 1.25. The first kappa shape index (κ1) is 6.03. The quantitative estimate of drug-likeness (QED) is 0.410. The van der Waals surface area contributed by atoms with Crippen LogP contribution in [-0.4, -0.2) is 16.2 Å². The Morgan fingerprint density at radius 1 is 1.73 bits per heavy atom. The Labute approximate surface area is 64.3 Å². The Morgan fingerprint density at radius 2 is 2.36 bits per heavy atom. The summed E-state index contributed by atoms with van der Waals surface area (Å²) in [5.74, 6) is -1.71. The number of para-hydroxylation sites is 1. The minimum atomic E-state index is -1.22. The lowest BCUT2D eigenvalue weighted by Gasteiger charge is -2.00. The molecule has 0 aliphatic heterocycles. The fourth-order valence-electron chi connectivity index (χ4n) is 0.686. The number of hydrogen-bond acceptors (Lipinski definition) is 3. The lowest BCUT2D eigenvalue weighted by atomic mass is 10.2. The van der Waals surface area contributed by atoms with E-state index in [1.54, 1.807) is 0 Å². The van der Waals surface area contributed by atoms with E-state index in [-0.39, 0.29) is 17.3 Å². The van der Waals surface area contributed by atoms with E-state index in [9.17, 15) is 4.79 Å². The zero-order chi connectivity index (χ0) is 9.30. The summed E-state index contributed by atoms with van der Waals surface area (Å²) in [6, 6.07) is 2.17. The standard InChI is InChI=1S/C7H7NO3/c8-6-4(7(10)11)2-1-3-5(6)9/h1-3,9H,8H2,(H,10,11)/i3D. The maximum atomic E-state index is 10.4. The number of anilines is 1. The fraction of sp³-hybridized carbons (Fsp3) is 0. The molecule has 11 heavy (non-hydrogen) atoms. The Morgan fingerprint density at radius 3 is 2.91 bits per heavy atom. The second kappa shape index (κ2) is 2.49. The van der Waals surface area contributed by atoms with E-state index in [1.165, 1.54) is 12.1 Å². The molecule has 58 valence electrons. The van der Waals surface area contributed by atoms with Gasteiger partial charge in [0.05, 0.1) is 12.6 Å². The summed E-state index contributed by atoms with van der Waals surface area (Å²) in [7, 11) is 0. The first-order valence-corrected chi connectivity index (χ1v) is 2.85. The van der Waals surface area contributed by atoms with Crippen molar-refractivity contribution in [3.63, 3.8) is 0 Å². The Hall–Kier alpha value is -1.71. The largest absolute Gasteiger partial charge is 0.506 e. The van der Waals surface area contributed by atoms with Crippen LogP contribution in [0.3, 0.4) is 0 Å². The van der Waals surface area contributed by atoms with Gasteiger partial charge in [-0.1, -0.05) is 6.07 Å². The highest BCUT2D eigenvalue weighted by molar-refractivity contribution is 5.95. The van der Waals surface area contributed by atoms with E-state index in [4.69, 9.17) is 17.3 Å². The highest BCUT2D eigenvalue weighted by atomic mass is 16.4. The normalized spacial score (nSPS) is 10.7. The van der Waals surface area contributed by atoms with E-state index < -0.39 is 11.7 Å². The summed E-state index contributed by atoms with van der Waals surface area (Å²) < 4.78 is 7.08. The van der Waals surface area contributed by atoms with Crippen LogP contribution in [-0.2, 0) is 0 Å². The number of phenolic OH excluding ortho intramolecular Hbond substituents is 1. The van der Waals surface area contributed by atoms with Gasteiger partial charge in [0.25, 0.3) is 0 Å². The molecule has 0 heterocycles. The molecule has 0 aliphatic rings. The van der Waals surface area contributed by atoms with Gasteiger partial charge in [0.2, 0.25) is 0 Å². The van der Waals surface area contributed by atoms with E-state index >= 15 is 0 Å². The topological polar surface area (TPSA) is 83.5 Å². The van der Waals surface area contributed by atoms with Crippen molar-refractivity contribution in [1.29, 1.82) is 0 Å². The number of benzene rings is 1. The molecule has 4 heteroatoms. The summed E-state index contributed by atoms with van der Waals surface area (Å²) in [4.78, 5) is 10.4. The molecule has 0 atom stereocenters. The Balaban J connectivity index is 3.36. The summed E-state index contributed by atoms with van der Waals surface area (Å²) >= 11 is 0. The van der Waals surface area contributed by atoms with Crippen LogP contribution in [0.2, 0.25) is 0 Å². The van der Waals surface area contributed by atoms with Gasteiger partial charge in [-0.3, -0.25) is 0 Å². The van der Waals surface area contributed by atoms with Gasteiger partial charge < -0.3 is 15.9 Å². The summed E-state index contributed by atoms with van der Waals surface area (Å²) in [6.45, 7) is 0. The van der Waals surface area contributed by atoms with E-state index in [1.807, 2.05) is 0 Å². The van der Waals surface area contributed by atoms with E-state index in [2.05, 4.69) is 0 Å². The molecule has 0 unspecified atom stereocenters. The van der Waals surface area contributed by atoms with Crippen molar-refractivity contribution in [2.24, 2.45) is 0 Å². The lowest BCUT2D eigenvalue weighted by molar-refractivity contribution is 0.0697. The summed E-state index contributed by atoms with van der Waals surface area (Å²) in [5.41, 5.74) is 4.77. The SMILES string of the molecule is [2H]c1ccc(C(=O)O)c(N)c1O. The minimum absolute atomic E-state index is 0.183. The van der Waals surface area contributed by atoms with Crippen LogP contribution >= 0.6 is 0 Å². The second-order valence-corrected chi connectivity index (χ2v) is 1.96. The molecule has 0 spiro atoms. The fourth-order valence-corrected chi connectivity index (χ4v) is 0.686. The van der Waals surface area contributed by atoms with Crippen LogP contribution in [0.15, 0.2) is 18.2 Å². The molecule has 0 bridgehead atoms. The van der Waals surface area contributed by atoms with Crippen molar-refractivity contribution < 1.29 is 16.4 Å². The Kier molecular flexibility index (Phi) is 1.37. The van der Waals surface area contributed by atoms with Crippen molar-refractivity contribution in [3.05, 3.63) is 23.7 Å². The minimum Gasteiger partial charge on any atom is -0.506 e. The average Bonchev–Trinajstić information content (AvgIpc) is 2.00. The van der Waals surface area contributed by atoms with Crippen LogP contribution in [0.25, 0.3) is 0 Å². The summed E-state index contributed by atoms with van der Waals surface area (Å²) in [5, 5.41) is 17.6. The number of nitrogens with two attached hydrogens (primary N) is 1. The molecule has 0 fully saturated rings. The zero-order valence-electron chi connectivity index (χ0n) is 6.53. The number of nitrogen functional groups attached to an aromatic ring is 1. The molecule has 0 aromatic heterocycles. The molecule has 1 aromatic carbocycles. The van der Waals surface area contributed by atoms with Gasteiger partial charge in [-0.2, -0.15) is 0 Å². The number of aromatic hydroxyl groups is 1. The van der Waals surface area contributed by atoms with Crippen LogP contribution in [0, 0.1) is 0 Å². The molecule has 0 aliphatic carbocycles. The smallest absolute Gasteiger partial charge is 0.337 e. The molecule has 0 radical (unpaired) electrons. The number of phenols is 1. The van der Waals surface area contributed by atoms with Crippen LogP contribution in [0.5, 0.6) is 5.75 Å². The van der Waals surface area contributed by atoms with Crippen molar-refractivity contribution in [2.45, 2.75) is 0 Å². The summed E-state index contributed by atoms with van der Waals surface area (Å²) in [6.07, 6.45) is 0. The van der Waals surface area contributed by atoms with Crippen LogP contribution in [0.4, 0.5) is 5.69 Å². The number of hydrogen-bond donors (Lipinski definition) is 3. The number of carboxylic acids is 1. The third-order valence-corrected chi connectivity index (χ3v) is 1.25. The second-order valence-electron chi connectivity index (χ2n) is 1.96. The number of aromatic carboxylic acids is 1. The molecule has 4 nitrogen and oxygen atoms in total. The molecule has 0 saturated carbocycles. The van der Waals surface area contributed by atoms with Crippen molar-refractivity contribution >= 4 is 11.7 Å². The van der Waals surface area contributed by atoms with Crippen LogP contribution < -0.4 is 5.73 Å². The predicted molar refractivity (Wildman–Crippen MR) is 39.5 cm³/mol. The third kappa shape index (κ3) is 1.24. The maximum Gasteiger partial charge on any atom is 0.337 e. The van der Waals surface area contributed by atoms with E-state index in [0.717, 1.165) is 0 Å². The molecule has 1 rings (SSSR count). The maximum absolute atomic E-state index is 10.4. The van der Waals surface area contributed by atoms with Crippen LogP contribution in [0.1, 0.15) is 11.7 Å². The number of carbonyl (C=O) groups is 1. The predicted octanol–water partition coefficient (Wildman–Crippen LogP) is 0.673. The first-order chi connectivity index (χ1) is 5.54. The zero-order valence-corrected chi connectivity index (χ0v) is 5.53. The molecule has 0 saturated heterocycles. The highest BCUT2D eigenvalue weighted by Crippen LogP contribution is 2.22. The molecular formula is C7H7NO3. The monoisotopic (exact) mass is 154 g/mol. The molecule has 4 N–H and O–H groups in total. The van der Waals surface area contributed by atoms with Gasteiger partial charge in [0.15, 0.2) is 0 Å². The van der Waals surface area contributed by atoms with Gasteiger partial charge in [0.1, 0.15) is 5.75 Å². The van der Waals surface area contributed by atoms with Gasteiger partial charge >= 0.3 is 5.97 Å². The van der Waals surface area contributed by atoms with Crippen molar-refractivity contribution in [1.82, 2.24) is 0 Å². The lowest BCUT2D eigenvalue weighted by Crippen LogP contribution is -2.01. The van der Waals surface area contributed by atoms with Gasteiger partial charge in [0, 0.05) is 0 Å². The average molecular weight is 154 g/mol. The molecule has 0 amide bonds. The van der Waals surface area contributed by atoms with Gasteiger partial charge in [-0.05, 0) is 12.1 Å². The van der Waals surface area contributed by atoms with Gasteiger partial charge in [-0.25, -0.2) is 4.79 Å². The highest BCUT2D eigenvalue weighted by Gasteiger charge is 2.09. The Bertz CT molecular complexity index is 338. The number of rotatable bonds is 1. The number of carboxylic acid groups (broad SMARTS) is 1. The van der Waals surface area contributed by atoms with Crippen molar-refractivity contribution in [3.8, 4) is 5.75 Å². The first-order valence-electron chi connectivity index (χ1n) is 3.35. The molecular weight excluding hydrogens is 146 g/mol.